The highest BCUT2D eigenvalue weighted by Gasteiger charge is 2.06. The third-order valence-corrected chi connectivity index (χ3v) is 3.35. The summed E-state index contributed by atoms with van der Waals surface area (Å²) in [7, 11) is 1.60. The highest BCUT2D eigenvalue weighted by atomic mass is 32.2. The van der Waals surface area contributed by atoms with Crippen LogP contribution in [0.4, 0.5) is 5.69 Å². The van der Waals surface area contributed by atoms with Gasteiger partial charge < -0.3 is 20.5 Å². The molecule has 6 heteroatoms. The fourth-order valence-corrected chi connectivity index (χ4v) is 2.21. The fraction of sp³-hybridized carbons (Fsp3) is 0.462. The quantitative estimate of drug-likeness (QED) is 0.430. The van der Waals surface area contributed by atoms with E-state index in [-0.39, 0.29) is 5.91 Å². The number of nitrogens with one attached hydrogen (secondary N) is 1. The van der Waals surface area contributed by atoms with Gasteiger partial charge in [-0.15, -0.1) is 11.8 Å². The van der Waals surface area contributed by atoms with Crippen LogP contribution < -0.4 is 15.8 Å². The predicted octanol–water partition coefficient (Wildman–Crippen LogP) is 1.52. The number of rotatable bonds is 8. The Morgan fingerprint density at radius 2 is 2.26 bits per heavy atom. The molecular formula is C13H20N2O3S. The molecule has 0 spiro atoms. The fourth-order valence-electron chi connectivity index (χ4n) is 1.38. The summed E-state index contributed by atoms with van der Waals surface area (Å²) in [6.45, 7) is 3.56. The van der Waals surface area contributed by atoms with Crippen molar-refractivity contribution in [3.05, 3.63) is 18.2 Å². The van der Waals surface area contributed by atoms with Crippen molar-refractivity contribution in [1.82, 2.24) is 5.32 Å². The van der Waals surface area contributed by atoms with Gasteiger partial charge in [-0.25, -0.2) is 0 Å². The monoisotopic (exact) mass is 284 g/mol. The molecule has 1 amide bonds. The number of benzene rings is 1. The van der Waals surface area contributed by atoms with E-state index in [4.69, 9.17) is 15.2 Å². The number of carbonyl (C=O) groups excluding carboxylic acids is 1. The standard InChI is InChI=1S/C13H20N2O3S/c1-3-18-10-4-5-11(14)12(8-10)19-9-13(16)15-6-7-17-2/h4-5,8H,3,6-7,9,14H2,1-2H3,(H,15,16). The van der Waals surface area contributed by atoms with Crippen molar-refractivity contribution < 1.29 is 14.3 Å². The molecule has 0 radical (unpaired) electrons. The van der Waals surface area contributed by atoms with Gasteiger partial charge in [0.2, 0.25) is 5.91 Å². The lowest BCUT2D eigenvalue weighted by atomic mass is 10.3. The van der Waals surface area contributed by atoms with Crippen LogP contribution in [0.25, 0.3) is 0 Å². The molecule has 0 saturated heterocycles. The van der Waals surface area contributed by atoms with Crippen molar-refractivity contribution >= 4 is 23.4 Å². The molecule has 1 aromatic rings. The first-order valence-electron chi connectivity index (χ1n) is 6.08. The van der Waals surface area contributed by atoms with Crippen LogP contribution in [0.2, 0.25) is 0 Å². The summed E-state index contributed by atoms with van der Waals surface area (Å²) in [6, 6.07) is 5.46. The van der Waals surface area contributed by atoms with Crippen LogP contribution in [0.15, 0.2) is 23.1 Å². The van der Waals surface area contributed by atoms with Crippen LogP contribution in [0.3, 0.4) is 0 Å². The SMILES string of the molecule is CCOc1ccc(N)c(SCC(=O)NCCOC)c1. The van der Waals surface area contributed by atoms with Crippen LogP contribution in [0, 0.1) is 0 Å². The second-order valence-electron chi connectivity index (χ2n) is 3.76. The van der Waals surface area contributed by atoms with Crippen LogP contribution in [-0.2, 0) is 9.53 Å². The maximum atomic E-state index is 11.6. The molecule has 19 heavy (non-hydrogen) atoms. The first kappa shape index (κ1) is 15.7. The molecule has 106 valence electrons. The number of ether oxygens (including phenoxy) is 2. The lowest BCUT2D eigenvalue weighted by Gasteiger charge is -2.09. The zero-order valence-electron chi connectivity index (χ0n) is 11.3. The van der Waals surface area contributed by atoms with E-state index in [1.54, 1.807) is 13.2 Å². The van der Waals surface area contributed by atoms with Gasteiger partial charge in [-0.3, -0.25) is 4.79 Å². The largest absolute Gasteiger partial charge is 0.494 e. The van der Waals surface area contributed by atoms with Crippen molar-refractivity contribution in [3.63, 3.8) is 0 Å². The summed E-state index contributed by atoms with van der Waals surface area (Å²) < 4.78 is 10.3. The van der Waals surface area contributed by atoms with Gasteiger partial charge in [0.1, 0.15) is 5.75 Å². The van der Waals surface area contributed by atoms with E-state index >= 15 is 0 Å². The third kappa shape index (κ3) is 5.85. The molecule has 0 heterocycles. The molecule has 3 N–H and O–H groups in total. The Bertz CT molecular complexity index is 413. The number of hydrogen-bond donors (Lipinski definition) is 2. The maximum Gasteiger partial charge on any atom is 0.230 e. The molecule has 0 aliphatic heterocycles. The summed E-state index contributed by atoms with van der Waals surface area (Å²) >= 11 is 1.40. The molecule has 0 unspecified atom stereocenters. The Labute approximate surface area is 117 Å². The number of carbonyl (C=O) groups is 1. The van der Waals surface area contributed by atoms with Gasteiger partial charge in [0.15, 0.2) is 0 Å². The minimum atomic E-state index is -0.0386. The smallest absolute Gasteiger partial charge is 0.230 e. The molecule has 5 nitrogen and oxygen atoms in total. The predicted molar refractivity (Wildman–Crippen MR) is 77.6 cm³/mol. The summed E-state index contributed by atoms with van der Waals surface area (Å²) in [4.78, 5) is 12.4. The second-order valence-corrected chi connectivity index (χ2v) is 4.78. The number of amides is 1. The van der Waals surface area contributed by atoms with Crippen molar-refractivity contribution in [2.24, 2.45) is 0 Å². The van der Waals surface area contributed by atoms with Gasteiger partial charge in [0, 0.05) is 24.2 Å². The van der Waals surface area contributed by atoms with E-state index in [0.29, 0.717) is 31.2 Å². The molecule has 0 saturated carbocycles. The number of nitrogens with two attached hydrogens (primary N) is 1. The average molecular weight is 284 g/mol. The highest BCUT2D eigenvalue weighted by molar-refractivity contribution is 8.00. The molecular weight excluding hydrogens is 264 g/mol. The Hall–Kier alpha value is -1.40. The van der Waals surface area contributed by atoms with Crippen LogP contribution in [0.5, 0.6) is 5.75 Å². The van der Waals surface area contributed by atoms with Crippen molar-refractivity contribution in [1.29, 1.82) is 0 Å². The van der Waals surface area contributed by atoms with Gasteiger partial charge in [-0.1, -0.05) is 0 Å². The second kappa shape index (κ2) is 8.66. The Kier molecular flexibility index (Phi) is 7.14. The summed E-state index contributed by atoms with van der Waals surface area (Å²) in [5.74, 6) is 1.05. The van der Waals surface area contributed by atoms with Gasteiger partial charge >= 0.3 is 0 Å². The van der Waals surface area contributed by atoms with Crippen molar-refractivity contribution in [2.75, 3.05) is 38.4 Å². The van der Waals surface area contributed by atoms with E-state index in [2.05, 4.69) is 5.32 Å². The minimum absolute atomic E-state index is 0.0386. The topological polar surface area (TPSA) is 73.6 Å². The van der Waals surface area contributed by atoms with Crippen LogP contribution in [0.1, 0.15) is 6.92 Å². The molecule has 0 fully saturated rings. The maximum absolute atomic E-state index is 11.6. The lowest BCUT2D eigenvalue weighted by molar-refractivity contribution is -0.118. The van der Waals surface area contributed by atoms with E-state index < -0.39 is 0 Å². The number of thioether (sulfide) groups is 1. The molecule has 0 atom stereocenters. The van der Waals surface area contributed by atoms with E-state index in [9.17, 15) is 4.79 Å². The van der Waals surface area contributed by atoms with Gasteiger partial charge in [-0.05, 0) is 25.1 Å². The summed E-state index contributed by atoms with van der Waals surface area (Å²) in [6.07, 6.45) is 0. The number of hydrogen-bond acceptors (Lipinski definition) is 5. The molecule has 1 aromatic carbocycles. The van der Waals surface area contributed by atoms with Crippen LogP contribution >= 0.6 is 11.8 Å². The van der Waals surface area contributed by atoms with Crippen molar-refractivity contribution in [2.45, 2.75) is 11.8 Å². The highest BCUT2D eigenvalue weighted by Crippen LogP contribution is 2.29. The van der Waals surface area contributed by atoms with Gasteiger partial charge in [-0.2, -0.15) is 0 Å². The Morgan fingerprint density at radius 3 is 2.95 bits per heavy atom. The molecule has 0 aliphatic carbocycles. The molecule has 0 aromatic heterocycles. The van der Waals surface area contributed by atoms with Crippen molar-refractivity contribution in [3.8, 4) is 5.75 Å². The first-order valence-corrected chi connectivity index (χ1v) is 7.06. The first-order chi connectivity index (χ1) is 9.17. The summed E-state index contributed by atoms with van der Waals surface area (Å²) in [5, 5.41) is 2.76. The lowest BCUT2D eigenvalue weighted by Crippen LogP contribution is -2.28. The number of nitrogen functional groups attached to an aromatic ring is 1. The molecule has 0 aliphatic rings. The van der Waals surface area contributed by atoms with Gasteiger partial charge in [0.05, 0.1) is 19.0 Å². The number of methoxy groups -OCH3 is 1. The zero-order valence-corrected chi connectivity index (χ0v) is 12.1. The average Bonchev–Trinajstić information content (AvgIpc) is 2.40. The molecule has 1 rings (SSSR count). The molecule has 0 bridgehead atoms. The normalized spacial score (nSPS) is 10.2. The zero-order chi connectivity index (χ0) is 14.1. The Balaban J connectivity index is 2.47. The third-order valence-electron chi connectivity index (χ3n) is 2.28. The van der Waals surface area contributed by atoms with Crippen LogP contribution in [-0.4, -0.2) is 38.5 Å². The Morgan fingerprint density at radius 1 is 1.47 bits per heavy atom. The van der Waals surface area contributed by atoms with E-state index in [0.717, 1.165) is 10.6 Å². The van der Waals surface area contributed by atoms with E-state index in [1.807, 2.05) is 19.1 Å². The van der Waals surface area contributed by atoms with Gasteiger partial charge in [0.25, 0.3) is 0 Å². The van der Waals surface area contributed by atoms with E-state index in [1.165, 1.54) is 11.8 Å². The number of anilines is 1. The summed E-state index contributed by atoms with van der Waals surface area (Å²) in [5.41, 5.74) is 6.52. The minimum Gasteiger partial charge on any atom is -0.494 e.